The summed E-state index contributed by atoms with van der Waals surface area (Å²) in [6.07, 6.45) is 7.20. The van der Waals surface area contributed by atoms with E-state index in [-0.39, 0.29) is 11.4 Å². The molecule has 1 saturated heterocycles. The highest BCUT2D eigenvalue weighted by molar-refractivity contribution is 5.79. The molecule has 1 aromatic rings. The van der Waals surface area contributed by atoms with Gasteiger partial charge in [-0.2, -0.15) is 0 Å². The lowest BCUT2D eigenvalue weighted by atomic mass is 9.82. The quantitative estimate of drug-likeness (QED) is 0.865. The number of nitrogens with zero attached hydrogens (tertiary/aromatic N) is 1. The fourth-order valence-electron chi connectivity index (χ4n) is 2.80. The van der Waals surface area contributed by atoms with Gasteiger partial charge in [0.05, 0.1) is 0 Å². The van der Waals surface area contributed by atoms with Crippen LogP contribution in [0.15, 0.2) is 24.5 Å². The number of carbonyl (C=O) groups is 1. The molecule has 0 bridgehead atoms. The summed E-state index contributed by atoms with van der Waals surface area (Å²) in [4.78, 5) is 15.5. The van der Waals surface area contributed by atoms with Crippen LogP contribution < -0.4 is 5.32 Å². The smallest absolute Gasteiger partial charge is 0.220 e. The Morgan fingerprint density at radius 2 is 2.12 bits per heavy atom. The summed E-state index contributed by atoms with van der Waals surface area (Å²) in [7, 11) is 0. The predicted octanol–water partition coefficient (Wildman–Crippen LogP) is 2.32. The van der Waals surface area contributed by atoms with Crippen molar-refractivity contribution in [2.45, 2.75) is 45.1 Å². The van der Waals surface area contributed by atoms with Crippen molar-refractivity contribution in [1.29, 1.82) is 0 Å². The fourth-order valence-corrected chi connectivity index (χ4v) is 2.80. The van der Waals surface area contributed by atoms with Crippen LogP contribution in [0, 0.1) is 5.92 Å². The fraction of sp³-hybridized carbons (Fsp3) is 0.571. The van der Waals surface area contributed by atoms with Crippen LogP contribution in [0.1, 0.15) is 38.7 Å². The number of hydrogen-bond donors (Lipinski definition) is 1. The highest BCUT2D eigenvalue weighted by Gasteiger charge is 2.37. The zero-order chi connectivity index (χ0) is 12.3. The highest BCUT2D eigenvalue weighted by Crippen LogP contribution is 2.30. The first-order valence-electron chi connectivity index (χ1n) is 6.30. The Hall–Kier alpha value is -1.38. The number of pyridine rings is 1. The molecule has 1 unspecified atom stereocenters. The second-order valence-electron chi connectivity index (χ2n) is 5.46. The molecule has 1 fully saturated rings. The lowest BCUT2D eigenvalue weighted by molar-refractivity contribution is -0.119. The molecule has 3 heteroatoms. The van der Waals surface area contributed by atoms with Gasteiger partial charge in [-0.3, -0.25) is 9.78 Å². The first-order chi connectivity index (χ1) is 8.10. The second-order valence-corrected chi connectivity index (χ2v) is 5.46. The summed E-state index contributed by atoms with van der Waals surface area (Å²) < 4.78 is 0. The first-order valence-corrected chi connectivity index (χ1v) is 6.30. The van der Waals surface area contributed by atoms with E-state index in [9.17, 15) is 4.79 Å². The molecule has 1 N–H and O–H groups in total. The van der Waals surface area contributed by atoms with Crippen LogP contribution in [0.2, 0.25) is 0 Å². The Morgan fingerprint density at radius 3 is 2.65 bits per heavy atom. The van der Waals surface area contributed by atoms with Crippen LogP contribution in [0.4, 0.5) is 0 Å². The van der Waals surface area contributed by atoms with Gasteiger partial charge in [-0.1, -0.05) is 13.8 Å². The van der Waals surface area contributed by atoms with E-state index in [0.717, 1.165) is 19.3 Å². The Kier molecular flexibility index (Phi) is 3.46. The molecule has 1 aliphatic heterocycles. The van der Waals surface area contributed by atoms with E-state index >= 15 is 0 Å². The standard InChI is InChI=1S/C14H20N2O/c1-11(2)9-14(6-3-13(17)16-14)10-12-4-7-15-8-5-12/h4-5,7-8,11H,3,6,9-10H2,1-2H3,(H,16,17). The average molecular weight is 232 g/mol. The molecule has 3 nitrogen and oxygen atoms in total. The van der Waals surface area contributed by atoms with Gasteiger partial charge in [-0.25, -0.2) is 0 Å². The van der Waals surface area contributed by atoms with Gasteiger partial charge in [0.25, 0.3) is 0 Å². The van der Waals surface area contributed by atoms with E-state index in [4.69, 9.17) is 0 Å². The van der Waals surface area contributed by atoms with Crippen molar-refractivity contribution < 1.29 is 4.79 Å². The molecular formula is C14H20N2O. The highest BCUT2D eigenvalue weighted by atomic mass is 16.2. The molecule has 2 heterocycles. The molecule has 0 spiro atoms. The maximum atomic E-state index is 11.5. The Morgan fingerprint density at radius 1 is 1.41 bits per heavy atom. The van der Waals surface area contributed by atoms with E-state index in [1.165, 1.54) is 5.56 Å². The molecule has 0 radical (unpaired) electrons. The summed E-state index contributed by atoms with van der Waals surface area (Å²) in [5, 5.41) is 3.19. The molecule has 1 aromatic heterocycles. The van der Waals surface area contributed by atoms with Gasteiger partial charge in [-0.15, -0.1) is 0 Å². The van der Waals surface area contributed by atoms with Crippen molar-refractivity contribution in [3.8, 4) is 0 Å². The number of rotatable bonds is 4. The van der Waals surface area contributed by atoms with E-state index < -0.39 is 0 Å². The van der Waals surface area contributed by atoms with Crippen molar-refractivity contribution in [1.82, 2.24) is 10.3 Å². The van der Waals surface area contributed by atoms with Crippen molar-refractivity contribution >= 4 is 5.91 Å². The van der Waals surface area contributed by atoms with Crippen LogP contribution in [0.3, 0.4) is 0 Å². The van der Waals surface area contributed by atoms with Crippen LogP contribution in [-0.2, 0) is 11.2 Å². The molecule has 1 aliphatic rings. The third kappa shape index (κ3) is 3.05. The third-order valence-corrected chi connectivity index (χ3v) is 3.33. The van der Waals surface area contributed by atoms with Gasteiger partial charge in [0.2, 0.25) is 5.91 Å². The van der Waals surface area contributed by atoms with Gasteiger partial charge < -0.3 is 5.32 Å². The minimum absolute atomic E-state index is 0.0351. The second kappa shape index (κ2) is 4.86. The van der Waals surface area contributed by atoms with Gasteiger partial charge in [-0.05, 0) is 42.9 Å². The maximum Gasteiger partial charge on any atom is 0.220 e. The molecule has 0 saturated carbocycles. The zero-order valence-corrected chi connectivity index (χ0v) is 10.6. The number of nitrogens with one attached hydrogen (secondary N) is 1. The van der Waals surface area contributed by atoms with Crippen molar-refractivity contribution in [3.63, 3.8) is 0 Å². The molecule has 17 heavy (non-hydrogen) atoms. The normalized spacial score (nSPS) is 24.1. The number of carbonyl (C=O) groups excluding carboxylic acids is 1. The monoisotopic (exact) mass is 232 g/mol. The average Bonchev–Trinajstić information content (AvgIpc) is 2.60. The molecule has 1 amide bonds. The number of hydrogen-bond acceptors (Lipinski definition) is 2. The molecule has 0 aromatic carbocycles. The lowest BCUT2D eigenvalue weighted by Crippen LogP contribution is -2.44. The lowest BCUT2D eigenvalue weighted by Gasteiger charge is -2.31. The Labute approximate surface area is 103 Å². The van der Waals surface area contributed by atoms with E-state index in [0.29, 0.717) is 12.3 Å². The van der Waals surface area contributed by atoms with Crippen molar-refractivity contribution in [2.24, 2.45) is 5.92 Å². The largest absolute Gasteiger partial charge is 0.350 e. The SMILES string of the molecule is CC(C)CC1(Cc2ccncc2)CCC(=O)N1. The van der Waals surface area contributed by atoms with Gasteiger partial charge in [0.15, 0.2) is 0 Å². The number of aromatic nitrogens is 1. The van der Waals surface area contributed by atoms with Crippen LogP contribution in [0.25, 0.3) is 0 Å². The zero-order valence-electron chi connectivity index (χ0n) is 10.6. The topological polar surface area (TPSA) is 42.0 Å². The predicted molar refractivity (Wildman–Crippen MR) is 67.5 cm³/mol. The third-order valence-electron chi connectivity index (χ3n) is 3.33. The summed E-state index contributed by atoms with van der Waals surface area (Å²) in [5.41, 5.74) is 1.22. The minimum atomic E-state index is -0.0351. The Balaban J connectivity index is 2.14. The van der Waals surface area contributed by atoms with Crippen LogP contribution >= 0.6 is 0 Å². The molecule has 92 valence electrons. The Bertz CT molecular complexity index is 388. The molecule has 1 atom stereocenters. The van der Waals surface area contributed by atoms with Crippen molar-refractivity contribution in [3.05, 3.63) is 30.1 Å². The maximum absolute atomic E-state index is 11.5. The summed E-state index contributed by atoms with van der Waals surface area (Å²) in [5.74, 6) is 0.787. The first kappa shape index (κ1) is 12.1. The minimum Gasteiger partial charge on any atom is -0.350 e. The molecule has 2 rings (SSSR count). The van der Waals surface area contributed by atoms with Crippen LogP contribution in [-0.4, -0.2) is 16.4 Å². The molecular weight excluding hydrogens is 212 g/mol. The van der Waals surface area contributed by atoms with Crippen LogP contribution in [0.5, 0.6) is 0 Å². The van der Waals surface area contributed by atoms with E-state index in [1.807, 2.05) is 24.5 Å². The van der Waals surface area contributed by atoms with E-state index in [2.05, 4.69) is 24.1 Å². The number of amides is 1. The van der Waals surface area contributed by atoms with Gasteiger partial charge >= 0.3 is 0 Å². The van der Waals surface area contributed by atoms with Gasteiger partial charge in [0.1, 0.15) is 0 Å². The molecule has 0 aliphatic carbocycles. The van der Waals surface area contributed by atoms with Gasteiger partial charge in [0, 0.05) is 24.4 Å². The summed E-state index contributed by atoms with van der Waals surface area (Å²) in [6.45, 7) is 4.41. The summed E-state index contributed by atoms with van der Waals surface area (Å²) in [6, 6.07) is 4.07. The summed E-state index contributed by atoms with van der Waals surface area (Å²) >= 11 is 0. The van der Waals surface area contributed by atoms with E-state index in [1.54, 1.807) is 0 Å². The van der Waals surface area contributed by atoms with Crippen molar-refractivity contribution in [2.75, 3.05) is 0 Å².